The van der Waals surface area contributed by atoms with Crippen LogP contribution in [0.1, 0.15) is 28.5 Å². The van der Waals surface area contributed by atoms with Crippen LogP contribution in [0.5, 0.6) is 5.75 Å². The zero-order chi connectivity index (χ0) is 18.7. The molecule has 7 heteroatoms. The normalized spacial score (nSPS) is 11.8. The number of nitrogens with one attached hydrogen (secondary N) is 3. The summed E-state index contributed by atoms with van der Waals surface area (Å²) in [5.74, 6) is -0.328. The highest BCUT2D eigenvalue weighted by atomic mass is 16.5. The van der Waals surface area contributed by atoms with Gasteiger partial charge in [-0.2, -0.15) is 5.10 Å². The second-order valence-electron chi connectivity index (χ2n) is 6.02. The third-order valence-corrected chi connectivity index (χ3v) is 4.21. The molecule has 3 N–H and O–H groups in total. The number of aromatic nitrogens is 2. The summed E-state index contributed by atoms with van der Waals surface area (Å²) in [6, 6.07) is 12.9. The highest BCUT2D eigenvalue weighted by molar-refractivity contribution is 6.05. The summed E-state index contributed by atoms with van der Waals surface area (Å²) in [5, 5.41) is 7.44. The molecule has 0 saturated heterocycles. The van der Waals surface area contributed by atoms with Gasteiger partial charge in [-0.3, -0.25) is 25.5 Å². The molecule has 134 valence electrons. The van der Waals surface area contributed by atoms with Crippen molar-refractivity contribution in [1.82, 2.24) is 21.0 Å². The first-order chi connectivity index (χ1) is 12.5. The molecule has 0 bridgehead atoms. The Morgan fingerprint density at radius 3 is 2.65 bits per heavy atom. The smallest absolute Gasteiger partial charge is 0.290 e. The molecule has 1 atom stereocenters. The lowest BCUT2D eigenvalue weighted by atomic mass is 10.1. The Morgan fingerprint density at radius 2 is 1.85 bits per heavy atom. The first-order valence-electron chi connectivity index (χ1n) is 8.23. The van der Waals surface area contributed by atoms with E-state index in [2.05, 4.69) is 21.0 Å². The average molecular weight is 352 g/mol. The van der Waals surface area contributed by atoms with Gasteiger partial charge in [-0.1, -0.05) is 30.3 Å². The van der Waals surface area contributed by atoms with E-state index in [9.17, 15) is 9.59 Å². The zero-order valence-corrected chi connectivity index (χ0v) is 14.8. The summed E-state index contributed by atoms with van der Waals surface area (Å²) in [6.45, 7) is 5.52. The van der Waals surface area contributed by atoms with Crippen molar-refractivity contribution in [3.8, 4) is 5.75 Å². The van der Waals surface area contributed by atoms with Crippen molar-refractivity contribution < 1.29 is 14.3 Å². The lowest BCUT2D eigenvalue weighted by Crippen LogP contribution is -2.47. The van der Waals surface area contributed by atoms with Crippen molar-refractivity contribution in [3.05, 3.63) is 59.3 Å². The van der Waals surface area contributed by atoms with Crippen LogP contribution in [0.4, 0.5) is 0 Å². The monoisotopic (exact) mass is 352 g/mol. The van der Waals surface area contributed by atoms with Crippen molar-refractivity contribution in [2.24, 2.45) is 0 Å². The number of nitrogens with zero attached hydrogens (tertiary/aromatic N) is 1. The fraction of sp³-hybridized carbons (Fsp3) is 0.211. The van der Waals surface area contributed by atoms with Crippen LogP contribution in [-0.2, 0) is 4.79 Å². The average Bonchev–Trinajstić information content (AvgIpc) is 3.07. The van der Waals surface area contributed by atoms with Gasteiger partial charge in [-0.05, 0) is 44.0 Å². The van der Waals surface area contributed by atoms with E-state index in [1.807, 2.05) is 44.2 Å². The summed E-state index contributed by atoms with van der Waals surface area (Å²) in [7, 11) is 0. The number of fused-ring (bicyclic) bond motifs is 1. The van der Waals surface area contributed by atoms with E-state index >= 15 is 0 Å². The fourth-order valence-corrected chi connectivity index (χ4v) is 2.51. The van der Waals surface area contributed by atoms with Crippen LogP contribution in [0.25, 0.3) is 10.9 Å². The molecule has 0 fully saturated rings. The predicted molar refractivity (Wildman–Crippen MR) is 97.7 cm³/mol. The quantitative estimate of drug-likeness (QED) is 0.628. The Morgan fingerprint density at radius 1 is 1.08 bits per heavy atom. The van der Waals surface area contributed by atoms with Crippen molar-refractivity contribution in [3.63, 3.8) is 0 Å². The number of benzene rings is 2. The van der Waals surface area contributed by atoms with Gasteiger partial charge in [0, 0.05) is 5.39 Å². The highest BCUT2D eigenvalue weighted by Gasteiger charge is 2.19. The minimum Gasteiger partial charge on any atom is -0.481 e. The first kappa shape index (κ1) is 17.5. The number of hydrogen-bond donors (Lipinski definition) is 3. The Labute approximate surface area is 150 Å². The summed E-state index contributed by atoms with van der Waals surface area (Å²) in [6.07, 6.45) is -0.772. The van der Waals surface area contributed by atoms with Crippen LogP contribution in [0.2, 0.25) is 0 Å². The molecule has 0 spiro atoms. The fourth-order valence-electron chi connectivity index (χ4n) is 2.51. The van der Waals surface area contributed by atoms with E-state index in [4.69, 9.17) is 4.74 Å². The number of hydrogen-bond acceptors (Lipinski definition) is 4. The summed E-state index contributed by atoms with van der Waals surface area (Å²) in [5.41, 5.74) is 7.75. The molecule has 2 amide bonds. The number of ether oxygens (including phenoxy) is 1. The molecule has 3 rings (SSSR count). The maximum atomic E-state index is 12.3. The molecule has 0 saturated carbocycles. The molecule has 0 aliphatic carbocycles. The number of carbonyl (C=O) groups is 2. The first-order valence-corrected chi connectivity index (χ1v) is 8.23. The number of aryl methyl sites for hydroxylation is 1. The summed E-state index contributed by atoms with van der Waals surface area (Å²) < 4.78 is 5.70. The number of aromatic amines is 1. The number of hydrazine groups is 1. The Bertz CT molecular complexity index is 964. The van der Waals surface area contributed by atoms with Crippen molar-refractivity contribution >= 4 is 22.7 Å². The topological polar surface area (TPSA) is 96.1 Å². The Kier molecular flexibility index (Phi) is 4.88. The molecule has 1 heterocycles. The van der Waals surface area contributed by atoms with Gasteiger partial charge in [-0.25, -0.2) is 0 Å². The minimum atomic E-state index is -0.772. The highest BCUT2D eigenvalue weighted by Crippen LogP contribution is 2.21. The molecular weight excluding hydrogens is 332 g/mol. The Hall–Kier alpha value is -3.35. The molecular formula is C19H20N4O3. The Balaban J connectivity index is 1.61. The van der Waals surface area contributed by atoms with Crippen LogP contribution in [0.15, 0.2) is 42.5 Å². The van der Waals surface area contributed by atoms with E-state index in [-0.39, 0.29) is 5.69 Å². The van der Waals surface area contributed by atoms with Gasteiger partial charge in [0.1, 0.15) is 5.75 Å². The lowest BCUT2D eigenvalue weighted by Gasteiger charge is -2.17. The number of H-pyrrole nitrogens is 1. The van der Waals surface area contributed by atoms with Gasteiger partial charge in [0.2, 0.25) is 0 Å². The standard InChI is InChI=1S/C19H20N4O3/c1-11-7-6-10-16(12(11)2)26-13(3)18(24)22-23-19(25)17-14-8-4-5-9-15(14)20-21-17/h4-10,13H,1-3H3,(H,20,21)(H,22,24)(H,23,25). The molecule has 2 aromatic carbocycles. The molecule has 0 aliphatic heterocycles. The molecule has 0 aliphatic rings. The van der Waals surface area contributed by atoms with Crippen LogP contribution in [-0.4, -0.2) is 28.1 Å². The third-order valence-electron chi connectivity index (χ3n) is 4.21. The van der Waals surface area contributed by atoms with Crippen molar-refractivity contribution in [2.45, 2.75) is 26.9 Å². The maximum absolute atomic E-state index is 12.3. The SMILES string of the molecule is Cc1cccc(OC(C)C(=O)NNC(=O)c2n[nH]c3ccccc23)c1C. The predicted octanol–water partition coefficient (Wildman–Crippen LogP) is 2.41. The van der Waals surface area contributed by atoms with Gasteiger partial charge in [0.05, 0.1) is 5.52 Å². The van der Waals surface area contributed by atoms with Crippen molar-refractivity contribution in [2.75, 3.05) is 0 Å². The molecule has 3 aromatic rings. The van der Waals surface area contributed by atoms with Crippen LogP contribution >= 0.6 is 0 Å². The van der Waals surface area contributed by atoms with Gasteiger partial charge in [0.15, 0.2) is 11.8 Å². The number of carbonyl (C=O) groups excluding carboxylic acids is 2. The maximum Gasteiger partial charge on any atom is 0.290 e. The third kappa shape index (κ3) is 3.51. The minimum absolute atomic E-state index is 0.212. The molecule has 7 nitrogen and oxygen atoms in total. The van der Waals surface area contributed by atoms with Gasteiger partial charge in [-0.15, -0.1) is 0 Å². The van der Waals surface area contributed by atoms with E-state index in [1.54, 1.807) is 19.1 Å². The summed E-state index contributed by atoms with van der Waals surface area (Å²) >= 11 is 0. The molecule has 1 aromatic heterocycles. The second kappa shape index (κ2) is 7.26. The second-order valence-corrected chi connectivity index (χ2v) is 6.02. The van der Waals surface area contributed by atoms with E-state index < -0.39 is 17.9 Å². The molecule has 26 heavy (non-hydrogen) atoms. The molecule has 1 unspecified atom stereocenters. The van der Waals surface area contributed by atoms with Gasteiger partial charge >= 0.3 is 0 Å². The zero-order valence-electron chi connectivity index (χ0n) is 14.8. The van der Waals surface area contributed by atoms with Crippen LogP contribution in [0.3, 0.4) is 0 Å². The van der Waals surface area contributed by atoms with Crippen LogP contribution < -0.4 is 15.6 Å². The van der Waals surface area contributed by atoms with E-state index in [0.717, 1.165) is 16.6 Å². The van der Waals surface area contributed by atoms with Gasteiger partial charge in [0.25, 0.3) is 11.8 Å². The van der Waals surface area contributed by atoms with Crippen LogP contribution in [0, 0.1) is 13.8 Å². The largest absolute Gasteiger partial charge is 0.481 e. The van der Waals surface area contributed by atoms with Crippen molar-refractivity contribution in [1.29, 1.82) is 0 Å². The number of amides is 2. The summed E-state index contributed by atoms with van der Waals surface area (Å²) in [4.78, 5) is 24.5. The number of para-hydroxylation sites is 1. The lowest BCUT2D eigenvalue weighted by molar-refractivity contribution is -0.128. The molecule has 0 radical (unpaired) electrons. The van der Waals surface area contributed by atoms with E-state index in [0.29, 0.717) is 11.1 Å². The van der Waals surface area contributed by atoms with E-state index in [1.165, 1.54) is 0 Å². The number of rotatable bonds is 4. The van der Waals surface area contributed by atoms with Gasteiger partial charge < -0.3 is 4.74 Å².